The lowest BCUT2D eigenvalue weighted by atomic mass is 9.84. The van der Waals surface area contributed by atoms with Crippen molar-refractivity contribution in [2.75, 3.05) is 32.2 Å². The molecule has 2 aliphatic heterocycles. The third kappa shape index (κ3) is 3.27. The minimum absolute atomic E-state index is 0.0339. The van der Waals surface area contributed by atoms with E-state index < -0.39 is 0 Å². The Hall–Kier alpha value is -2.89. The van der Waals surface area contributed by atoms with Gasteiger partial charge in [-0.1, -0.05) is 19.1 Å². The molecule has 0 aromatic heterocycles. The van der Waals surface area contributed by atoms with Crippen molar-refractivity contribution in [3.63, 3.8) is 0 Å². The van der Waals surface area contributed by atoms with Gasteiger partial charge in [-0.05, 0) is 24.1 Å². The molecule has 6 heteroatoms. The lowest BCUT2D eigenvalue weighted by Gasteiger charge is -2.30. The molecule has 0 saturated heterocycles. The number of amides is 1. The van der Waals surface area contributed by atoms with Crippen LogP contribution in [-0.4, -0.2) is 32.8 Å². The molecule has 0 radical (unpaired) electrons. The molecule has 1 atom stereocenters. The third-order valence-corrected chi connectivity index (χ3v) is 4.81. The quantitative estimate of drug-likeness (QED) is 0.870. The van der Waals surface area contributed by atoms with Gasteiger partial charge >= 0.3 is 0 Å². The second kappa shape index (κ2) is 7.39. The van der Waals surface area contributed by atoms with Gasteiger partial charge in [-0.15, -0.1) is 0 Å². The van der Waals surface area contributed by atoms with E-state index in [1.807, 2.05) is 30.3 Å². The monoisotopic (exact) mass is 369 g/mol. The lowest BCUT2D eigenvalue weighted by Crippen LogP contribution is -2.25. The van der Waals surface area contributed by atoms with Crippen LogP contribution in [0.25, 0.3) is 0 Å². The van der Waals surface area contributed by atoms with Crippen LogP contribution < -0.4 is 24.3 Å². The van der Waals surface area contributed by atoms with E-state index >= 15 is 0 Å². The van der Waals surface area contributed by atoms with Crippen LogP contribution in [0.2, 0.25) is 0 Å². The van der Waals surface area contributed by atoms with Gasteiger partial charge in [0, 0.05) is 29.7 Å². The summed E-state index contributed by atoms with van der Waals surface area (Å²) in [6.45, 7) is 3.67. The predicted octanol–water partition coefficient (Wildman–Crippen LogP) is 3.73. The topological polar surface area (TPSA) is 66.0 Å². The van der Waals surface area contributed by atoms with Crippen molar-refractivity contribution < 1.29 is 23.7 Å². The van der Waals surface area contributed by atoms with Gasteiger partial charge in [0.2, 0.25) is 5.91 Å². The van der Waals surface area contributed by atoms with E-state index in [1.165, 1.54) is 0 Å². The number of hydrogen-bond acceptors (Lipinski definition) is 5. The SMILES string of the molecule is CCCOc1c(OC)cccc1[C@H]1CC(=O)Nc2cc3c(cc21)OCCO3. The van der Waals surface area contributed by atoms with Crippen molar-refractivity contribution in [3.05, 3.63) is 41.5 Å². The van der Waals surface area contributed by atoms with Gasteiger partial charge in [0.25, 0.3) is 0 Å². The molecule has 0 unspecified atom stereocenters. The number of nitrogens with one attached hydrogen (secondary N) is 1. The number of carbonyl (C=O) groups excluding carboxylic acids is 1. The molecule has 1 N–H and O–H groups in total. The van der Waals surface area contributed by atoms with E-state index in [-0.39, 0.29) is 11.8 Å². The maximum atomic E-state index is 12.4. The second-order valence-corrected chi connectivity index (χ2v) is 6.62. The van der Waals surface area contributed by atoms with Crippen molar-refractivity contribution in [1.29, 1.82) is 0 Å². The zero-order valence-corrected chi connectivity index (χ0v) is 15.5. The lowest BCUT2D eigenvalue weighted by molar-refractivity contribution is -0.116. The fraction of sp³-hybridized carbons (Fsp3) is 0.381. The minimum Gasteiger partial charge on any atom is -0.493 e. The highest BCUT2D eigenvalue weighted by Gasteiger charge is 2.32. The predicted molar refractivity (Wildman–Crippen MR) is 101 cm³/mol. The smallest absolute Gasteiger partial charge is 0.225 e. The average molecular weight is 369 g/mol. The molecule has 2 aromatic carbocycles. The first kappa shape index (κ1) is 17.5. The number of anilines is 1. The molecular weight excluding hydrogens is 346 g/mol. The van der Waals surface area contributed by atoms with Crippen molar-refractivity contribution in [2.45, 2.75) is 25.7 Å². The Bertz CT molecular complexity index is 864. The number of hydrogen-bond donors (Lipinski definition) is 1. The standard InChI is InChI=1S/C21H23NO5/c1-3-7-27-21-13(5-4-6-17(21)24-2)14-11-20(23)22-16-12-19-18(10-15(14)16)25-8-9-26-19/h4-6,10,12,14H,3,7-9,11H2,1-2H3,(H,22,23)/t14-/m1/s1. The van der Waals surface area contributed by atoms with Crippen LogP contribution in [-0.2, 0) is 4.79 Å². The van der Waals surface area contributed by atoms with Gasteiger partial charge in [0.15, 0.2) is 23.0 Å². The summed E-state index contributed by atoms with van der Waals surface area (Å²) >= 11 is 0. The average Bonchev–Trinajstić information content (AvgIpc) is 2.70. The molecule has 4 rings (SSSR count). The summed E-state index contributed by atoms with van der Waals surface area (Å²) in [6.07, 6.45) is 1.22. The molecule has 0 aliphatic carbocycles. The van der Waals surface area contributed by atoms with Crippen LogP contribution in [0, 0.1) is 0 Å². The van der Waals surface area contributed by atoms with Crippen molar-refractivity contribution in [1.82, 2.24) is 0 Å². The molecule has 6 nitrogen and oxygen atoms in total. The van der Waals surface area contributed by atoms with E-state index in [1.54, 1.807) is 7.11 Å². The minimum atomic E-state index is -0.147. The van der Waals surface area contributed by atoms with E-state index in [2.05, 4.69) is 12.2 Å². The van der Waals surface area contributed by atoms with Crippen LogP contribution in [0.3, 0.4) is 0 Å². The number of para-hydroxylation sites is 1. The van der Waals surface area contributed by atoms with E-state index in [9.17, 15) is 4.79 Å². The first-order valence-electron chi connectivity index (χ1n) is 9.24. The first-order chi connectivity index (χ1) is 13.2. The number of ether oxygens (including phenoxy) is 4. The summed E-state index contributed by atoms with van der Waals surface area (Å²) in [7, 11) is 1.63. The van der Waals surface area contributed by atoms with E-state index in [0.29, 0.717) is 49.2 Å². The van der Waals surface area contributed by atoms with Crippen LogP contribution in [0.4, 0.5) is 5.69 Å². The zero-order chi connectivity index (χ0) is 18.8. The Labute approximate surface area is 158 Å². The fourth-order valence-corrected chi connectivity index (χ4v) is 3.60. The van der Waals surface area contributed by atoms with Crippen LogP contribution in [0.1, 0.15) is 36.8 Å². The van der Waals surface area contributed by atoms with Crippen LogP contribution >= 0.6 is 0 Å². The highest BCUT2D eigenvalue weighted by Crippen LogP contribution is 2.47. The van der Waals surface area contributed by atoms with Gasteiger partial charge < -0.3 is 24.3 Å². The van der Waals surface area contributed by atoms with Gasteiger partial charge in [-0.3, -0.25) is 4.79 Å². The first-order valence-corrected chi connectivity index (χ1v) is 9.24. The molecule has 0 spiro atoms. The molecule has 0 fully saturated rings. The molecule has 0 saturated carbocycles. The summed E-state index contributed by atoms with van der Waals surface area (Å²) in [6, 6.07) is 9.62. The second-order valence-electron chi connectivity index (χ2n) is 6.62. The summed E-state index contributed by atoms with van der Waals surface area (Å²) < 4.78 is 22.9. The largest absolute Gasteiger partial charge is 0.493 e. The molecule has 2 aromatic rings. The number of methoxy groups -OCH3 is 1. The summed E-state index contributed by atoms with van der Waals surface area (Å²) in [5, 5.41) is 2.95. The highest BCUT2D eigenvalue weighted by molar-refractivity contribution is 5.96. The normalized spacial score (nSPS) is 17.7. The van der Waals surface area contributed by atoms with E-state index in [4.69, 9.17) is 18.9 Å². The Morgan fingerprint density at radius 2 is 1.93 bits per heavy atom. The Morgan fingerprint density at radius 1 is 1.15 bits per heavy atom. The Kier molecular flexibility index (Phi) is 4.79. The number of fused-ring (bicyclic) bond motifs is 2. The van der Waals surface area contributed by atoms with Crippen LogP contribution in [0.5, 0.6) is 23.0 Å². The van der Waals surface area contributed by atoms with Crippen LogP contribution in [0.15, 0.2) is 30.3 Å². The van der Waals surface area contributed by atoms with Gasteiger partial charge in [0.1, 0.15) is 13.2 Å². The van der Waals surface area contributed by atoms with Crippen molar-refractivity contribution in [3.8, 4) is 23.0 Å². The number of benzene rings is 2. The maximum absolute atomic E-state index is 12.4. The van der Waals surface area contributed by atoms with Gasteiger partial charge in [-0.2, -0.15) is 0 Å². The third-order valence-electron chi connectivity index (χ3n) is 4.81. The fourth-order valence-electron chi connectivity index (χ4n) is 3.60. The Balaban J connectivity index is 1.82. The summed E-state index contributed by atoms with van der Waals surface area (Å²) in [4.78, 5) is 12.4. The molecule has 2 aliphatic rings. The molecule has 0 bridgehead atoms. The van der Waals surface area contributed by atoms with Gasteiger partial charge in [-0.25, -0.2) is 0 Å². The molecule has 27 heavy (non-hydrogen) atoms. The van der Waals surface area contributed by atoms with Gasteiger partial charge in [0.05, 0.1) is 13.7 Å². The number of carbonyl (C=O) groups is 1. The maximum Gasteiger partial charge on any atom is 0.225 e. The summed E-state index contributed by atoms with van der Waals surface area (Å²) in [5.74, 6) is 2.56. The van der Waals surface area contributed by atoms with E-state index in [0.717, 1.165) is 23.2 Å². The Morgan fingerprint density at radius 3 is 2.67 bits per heavy atom. The summed E-state index contributed by atoms with van der Waals surface area (Å²) in [5.41, 5.74) is 2.69. The molecule has 2 heterocycles. The highest BCUT2D eigenvalue weighted by atomic mass is 16.6. The molecule has 1 amide bonds. The molecule has 142 valence electrons. The van der Waals surface area contributed by atoms with Crippen molar-refractivity contribution >= 4 is 11.6 Å². The number of rotatable bonds is 5. The zero-order valence-electron chi connectivity index (χ0n) is 15.5. The molecular formula is C21H23NO5. The van der Waals surface area contributed by atoms with Crippen molar-refractivity contribution in [2.24, 2.45) is 0 Å².